The van der Waals surface area contributed by atoms with Crippen LogP contribution in [0.1, 0.15) is 0 Å². The molecule has 0 radical (unpaired) electrons. The quantitative estimate of drug-likeness (QED) is 0.163. The van der Waals surface area contributed by atoms with Gasteiger partial charge in [-0.05, 0) is 81.6 Å². The maximum absolute atomic E-state index is 5.78. The van der Waals surface area contributed by atoms with Gasteiger partial charge in [0.25, 0.3) is 0 Å². The first-order valence-electron chi connectivity index (χ1n) is 21.2. The first-order valence-corrected chi connectivity index (χ1v) is 21.2. The van der Waals surface area contributed by atoms with Crippen LogP contribution < -0.4 is 0 Å². The normalized spacial score (nSPS) is 11.9. The van der Waals surface area contributed by atoms with E-state index in [1.807, 2.05) is 6.20 Å². The molecule has 3 aromatic heterocycles. The third-order valence-electron chi connectivity index (χ3n) is 12.7. The molecule has 3 heterocycles. The molecule has 10 aromatic carbocycles. The summed E-state index contributed by atoms with van der Waals surface area (Å²) in [5, 5.41) is 9.30. The van der Waals surface area contributed by atoms with Gasteiger partial charge in [-0.1, -0.05) is 164 Å². The minimum absolute atomic E-state index is 0.806. The third kappa shape index (κ3) is 5.14. The Balaban J connectivity index is 1.16. The number of rotatable bonds is 5. The molecule has 0 bridgehead atoms. The molecule has 0 aliphatic heterocycles. The van der Waals surface area contributed by atoms with Gasteiger partial charge in [-0.3, -0.25) is 4.98 Å². The van der Waals surface area contributed by atoms with Crippen LogP contribution in [0, 0.1) is 0 Å². The summed E-state index contributed by atoms with van der Waals surface area (Å²) in [5.74, 6) is 0. The standard InChI is InChI=1S/C58H36N4/c1-3-16-37(17-4-1)39-30-32-45-47(34-39)48-35-40(38-18-5-2-6-19-38)31-33-46(48)58-57(45)59-36-49(60-58)56-54(61-50-24-11-7-20-41(50)42-21-8-12-25-51(42)61)28-15-29-55(56)62-52-26-13-9-22-43(52)44-23-10-14-27-53(44)62/h1-36H. The van der Waals surface area contributed by atoms with Crippen molar-refractivity contribution in [2.24, 2.45) is 0 Å². The van der Waals surface area contributed by atoms with E-state index in [4.69, 9.17) is 9.97 Å². The molecule has 0 aliphatic rings. The number of benzene rings is 10. The van der Waals surface area contributed by atoms with Crippen LogP contribution in [0.25, 0.3) is 121 Å². The first kappa shape index (κ1) is 34.5. The first-order chi connectivity index (χ1) is 30.8. The van der Waals surface area contributed by atoms with Gasteiger partial charge in [-0.25, -0.2) is 4.98 Å². The summed E-state index contributed by atoms with van der Waals surface area (Å²) in [6.07, 6.45) is 2.00. The molecule has 4 nitrogen and oxygen atoms in total. The van der Waals surface area contributed by atoms with E-state index in [2.05, 4.69) is 221 Å². The zero-order valence-electron chi connectivity index (χ0n) is 33.6. The molecule has 0 amide bonds. The van der Waals surface area contributed by atoms with Crippen molar-refractivity contribution in [2.45, 2.75) is 0 Å². The minimum Gasteiger partial charge on any atom is -0.308 e. The Labute approximate surface area is 357 Å². The van der Waals surface area contributed by atoms with Crippen LogP contribution in [0.3, 0.4) is 0 Å². The van der Waals surface area contributed by atoms with Gasteiger partial charge in [0.05, 0.1) is 56.4 Å². The van der Waals surface area contributed by atoms with E-state index in [-0.39, 0.29) is 0 Å². The van der Waals surface area contributed by atoms with E-state index >= 15 is 0 Å². The average molecular weight is 789 g/mol. The van der Waals surface area contributed by atoms with E-state index < -0.39 is 0 Å². The monoisotopic (exact) mass is 788 g/mol. The number of aromatic nitrogens is 4. The number of nitrogens with zero attached hydrogens (tertiary/aromatic N) is 4. The Kier molecular flexibility index (Phi) is 7.57. The molecule has 62 heavy (non-hydrogen) atoms. The summed E-state index contributed by atoms with van der Waals surface area (Å²) in [7, 11) is 0. The molecular weight excluding hydrogens is 753 g/mol. The van der Waals surface area contributed by atoms with Crippen molar-refractivity contribution in [1.29, 1.82) is 0 Å². The summed E-state index contributed by atoms with van der Waals surface area (Å²) in [6.45, 7) is 0. The van der Waals surface area contributed by atoms with Crippen LogP contribution in [0.4, 0.5) is 0 Å². The Morgan fingerprint density at radius 3 is 1.15 bits per heavy atom. The molecule has 13 rings (SSSR count). The predicted octanol–water partition coefficient (Wildman–Crippen LogP) is 15.1. The summed E-state index contributed by atoms with van der Waals surface area (Å²) in [5.41, 5.74) is 14.9. The number of para-hydroxylation sites is 4. The molecule has 288 valence electrons. The molecule has 0 unspecified atom stereocenters. The molecule has 13 aromatic rings. The lowest BCUT2D eigenvalue weighted by molar-refractivity contribution is 1.13. The van der Waals surface area contributed by atoms with Crippen LogP contribution in [-0.2, 0) is 0 Å². The summed E-state index contributed by atoms with van der Waals surface area (Å²) >= 11 is 0. The number of hydrogen-bond acceptors (Lipinski definition) is 2. The highest BCUT2D eigenvalue weighted by Gasteiger charge is 2.24. The molecular formula is C58H36N4. The van der Waals surface area contributed by atoms with Crippen LogP contribution in [0.15, 0.2) is 219 Å². The number of hydrogen-bond donors (Lipinski definition) is 0. The lowest BCUT2D eigenvalue weighted by Gasteiger charge is -2.20. The predicted molar refractivity (Wildman–Crippen MR) is 260 cm³/mol. The highest BCUT2D eigenvalue weighted by Crippen LogP contribution is 2.43. The van der Waals surface area contributed by atoms with E-state index in [0.29, 0.717) is 0 Å². The Morgan fingerprint density at radius 2 is 0.694 bits per heavy atom. The largest absolute Gasteiger partial charge is 0.308 e. The second kappa shape index (κ2) is 13.6. The lowest BCUT2D eigenvalue weighted by atomic mass is 9.93. The fourth-order valence-electron chi connectivity index (χ4n) is 9.99. The minimum atomic E-state index is 0.806. The molecule has 0 N–H and O–H groups in total. The van der Waals surface area contributed by atoms with Crippen LogP contribution in [0.5, 0.6) is 0 Å². The molecule has 0 spiro atoms. The molecule has 0 saturated carbocycles. The van der Waals surface area contributed by atoms with E-state index in [9.17, 15) is 0 Å². The second-order valence-corrected chi connectivity index (χ2v) is 16.1. The molecule has 0 fully saturated rings. The van der Waals surface area contributed by atoms with Crippen LogP contribution >= 0.6 is 0 Å². The van der Waals surface area contributed by atoms with Gasteiger partial charge in [-0.2, -0.15) is 0 Å². The zero-order valence-corrected chi connectivity index (χ0v) is 33.6. The van der Waals surface area contributed by atoms with Gasteiger partial charge in [0.1, 0.15) is 0 Å². The third-order valence-corrected chi connectivity index (χ3v) is 12.7. The highest BCUT2D eigenvalue weighted by molar-refractivity contribution is 6.24. The zero-order chi connectivity index (χ0) is 40.7. The molecule has 4 heteroatoms. The van der Waals surface area contributed by atoms with Crippen molar-refractivity contribution in [3.63, 3.8) is 0 Å². The van der Waals surface area contributed by atoms with Gasteiger partial charge in [0, 0.05) is 37.9 Å². The van der Waals surface area contributed by atoms with Crippen molar-refractivity contribution in [1.82, 2.24) is 19.1 Å². The summed E-state index contributed by atoms with van der Waals surface area (Å²) in [6, 6.07) is 76.4. The van der Waals surface area contributed by atoms with Crippen molar-refractivity contribution >= 4 is 76.2 Å². The van der Waals surface area contributed by atoms with Gasteiger partial charge in [-0.15, -0.1) is 0 Å². The SMILES string of the molecule is c1ccc(-c2ccc3c(c2)c2cc(-c4ccccc4)ccc2c2nc(-c4c(-n5c6ccccc6c6ccccc65)cccc4-n4c5ccccc5c5ccccc54)cnc32)cc1. The van der Waals surface area contributed by atoms with Gasteiger partial charge in [0.15, 0.2) is 0 Å². The average Bonchev–Trinajstić information content (AvgIpc) is 3.87. The van der Waals surface area contributed by atoms with Crippen molar-refractivity contribution in [2.75, 3.05) is 0 Å². The van der Waals surface area contributed by atoms with Crippen LogP contribution in [0.2, 0.25) is 0 Å². The van der Waals surface area contributed by atoms with E-state index in [0.717, 1.165) is 77.3 Å². The van der Waals surface area contributed by atoms with E-state index in [1.54, 1.807) is 0 Å². The van der Waals surface area contributed by atoms with Crippen molar-refractivity contribution in [3.05, 3.63) is 219 Å². The fourth-order valence-corrected chi connectivity index (χ4v) is 9.99. The molecule has 0 saturated heterocycles. The molecule has 0 atom stereocenters. The highest BCUT2D eigenvalue weighted by atomic mass is 15.0. The Hall–Kier alpha value is -8.34. The van der Waals surface area contributed by atoms with E-state index in [1.165, 1.54) is 43.8 Å². The van der Waals surface area contributed by atoms with Crippen LogP contribution in [-0.4, -0.2) is 19.1 Å². The molecule has 0 aliphatic carbocycles. The van der Waals surface area contributed by atoms with Gasteiger partial charge >= 0.3 is 0 Å². The second-order valence-electron chi connectivity index (χ2n) is 16.1. The van der Waals surface area contributed by atoms with Gasteiger partial charge < -0.3 is 9.13 Å². The Morgan fingerprint density at radius 1 is 0.290 bits per heavy atom. The van der Waals surface area contributed by atoms with Crippen molar-refractivity contribution in [3.8, 4) is 44.9 Å². The van der Waals surface area contributed by atoms with Gasteiger partial charge in [0.2, 0.25) is 0 Å². The lowest BCUT2D eigenvalue weighted by Crippen LogP contribution is -2.05. The van der Waals surface area contributed by atoms with Crippen molar-refractivity contribution < 1.29 is 0 Å². The number of fused-ring (bicyclic) bond motifs is 12. The summed E-state index contributed by atoms with van der Waals surface area (Å²) < 4.78 is 4.83. The summed E-state index contributed by atoms with van der Waals surface area (Å²) in [4.78, 5) is 11.2. The topological polar surface area (TPSA) is 35.6 Å². The fraction of sp³-hybridized carbons (Fsp3) is 0. The smallest absolute Gasteiger partial charge is 0.0979 e. The maximum Gasteiger partial charge on any atom is 0.0979 e. The Bertz CT molecular complexity index is 3680. The maximum atomic E-state index is 5.78.